The van der Waals surface area contributed by atoms with Crippen LogP contribution in [0.2, 0.25) is 0 Å². The second-order valence-electron chi connectivity index (χ2n) is 5.73. The lowest BCUT2D eigenvalue weighted by Gasteiger charge is -2.15. The van der Waals surface area contributed by atoms with Crippen LogP contribution in [-0.2, 0) is 6.54 Å². The standard InChI is InChI=1S/C20H16FN3O2/c21-17-11-5-4-10-16(17)18(22-13-15-9-6-12-25-15)20-24-23-19(26-20)14-7-2-1-3-8-14/h1-12,18,22H,13H2. The Bertz CT molecular complexity index is 968. The first-order chi connectivity index (χ1) is 12.8. The molecule has 5 nitrogen and oxygen atoms in total. The highest BCUT2D eigenvalue weighted by atomic mass is 19.1. The number of furan rings is 1. The fourth-order valence-electron chi connectivity index (χ4n) is 2.70. The molecule has 0 bridgehead atoms. The third-order valence-corrected chi connectivity index (χ3v) is 3.99. The van der Waals surface area contributed by atoms with Crippen LogP contribution in [0.4, 0.5) is 4.39 Å². The minimum atomic E-state index is -0.591. The molecule has 0 aliphatic rings. The van der Waals surface area contributed by atoms with Crippen molar-refractivity contribution in [1.82, 2.24) is 15.5 Å². The normalized spacial score (nSPS) is 12.2. The highest BCUT2D eigenvalue weighted by Gasteiger charge is 2.24. The number of rotatable bonds is 6. The molecule has 0 fully saturated rings. The quantitative estimate of drug-likeness (QED) is 0.561. The maximum atomic E-state index is 14.4. The van der Waals surface area contributed by atoms with Crippen LogP contribution in [0.5, 0.6) is 0 Å². The molecule has 1 unspecified atom stereocenters. The number of halogens is 1. The maximum Gasteiger partial charge on any atom is 0.247 e. The van der Waals surface area contributed by atoms with Crippen molar-refractivity contribution in [1.29, 1.82) is 0 Å². The van der Waals surface area contributed by atoms with Gasteiger partial charge in [-0.25, -0.2) is 4.39 Å². The zero-order valence-electron chi connectivity index (χ0n) is 13.8. The second kappa shape index (κ2) is 7.33. The summed E-state index contributed by atoms with van der Waals surface area (Å²) in [6, 6.07) is 19.0. The zero-order chi connectivity index (χ0) is 17.8. The minimum absolute atomic E-state index is 0.292. The Morgan fingerprint density at radius 3 is 2.50 bits per heavy atom. The molecule has 6 heteroatoms. The topological polar surface area (TPSA) is 64.1 Å². The highest BCUT2D eigenvalue weighted by Crippen LogP contribution is 2.27. The predicted molar refractivity (Wildman–Crippen MR) is 93.5 cm³/mol. The Hall–Kier alpha value is -3.25. The van der Waals surface area contributed by atoms with E-state index in [0.29, 0.717) is 23.9 Å². The molecule has 2 heterocycles. The van der Waals surface area contributed by atoms with Crippen molar-refractivity contribution in [2.24, 2.45) is 0 Å². The molecule has 2 aromatic heterocycles. The first-order valence-corrected chi connectivity index (χ1v) is 8.20. The molecule has 0 saturated heterocycles. The summed E-state index contributed by atoms with van der Waals surface area (Å²) in [6.07, 6.45) is 1.59. The van der Waals surface area contributed by atoms with Gasteiger partial charge in [-0.05, 0) is 30.3 Å². The summed E-state index contributed by atoms with van der Waals surface area (Å²) in [5, 5.41) is 11.5. The molecule has 0 spiro atoms. The molecule has 0 aliphatic heterocycles. The van der Waals surface area contributed by atoms with Crippen molar-refractivity contribution >= 4 is 0 Å². The maximum absolute atomic E-state index is 14.4. The van der Waals surface area contributed by atoms with E-state index >= 15 is 0 Å². The van der Waals surface area contributed by atoms with E-state index < -0.39 is 6.04 Å². The second-order valence-corrected chi connectivity index (χ2v) is 5.73. The molecule has 26 heavy (non-hydrogen) atoms. The van der Waals surface area contributed by atoms with Crippen LogP contribution >= 0.6 is 0 Å². The van der Waals surface area contributed by atoms with Gasteiger partial charge in [-0.15, -0.1) is 10.2 Å². The monoisotopic (exact) mass is 349 g/mol. The van der Waals surface area contributed by atoms with Crippen LogP contribution in [-0.4, -0.2) is 10.2 Å². The molecule has 0 aliphatic carbocycles. The van der Waals surface area contributed by atoms with E-state index in [1.54, 1.807) is 30.5 Å². The van der Waals surface area contributed by atoms with Gasteiger partial charge in [0, 0.05) is 11.1 Å². The summed E-state index contributed by atoms with van der Waals surface area (Å²) in [4.78, 5) is 0. The largest absolute Gasteiger partial charge is 0.468 e. The molecule has 1 N–H and O–H groups in total. The zero-order valence-corrected chi connectivity index (χ0v) is 13.8. The average molecular weight is 349 g/mol. The van der Waals surface area contributed by atoms with Gasteiger partial charge in [0.15, 0.2) is 0 Å². The third-order valence-electron chi connectivity index (χ3n) is 3.99. The van der Waals surface area contributed by atoms with Crippen LogP contribution in [0.25, 0.3) is 11.5 Å². The Morgan fingerprint density at radius 1 is 0.923 bits per heavy atom. The number of hydrogen-bond donors (Lipinski definition) is 1. The van der Waals surface area contributed by atoms with E-state index in [9.17, 15) is 4.39 Å². The van der Waals surface area contributed by atoms with Crippen molar-refractivity contribution in [3.63, 3.8) is 0 Å². The molecule has 0 saturated carbocycles. The molecule has 2 aromatic carbocycles. The van der Waals surface area contributed by atoms with Gasteiger partial charge in [-0.1, -0.05) is 36.4 Å². The summed E-state index contributed by atoms with van der Waals surface area (Å²) in [5.74, 6) is 1.07. The van der Waals surface area contributed by atoms with Crippen molar-refractivity contribution in [3.8, 4) is 11.5 Å². The van der Waals surface area contributed by atoms with Gasteiger partial charge in [-0.3, -0.25) is 5.32 Å². The number of aromatic nitrogens is 2. The van der Waals surface area contributed by atoms with Crippen LogP contribution < -0.4 is 5.32 Å². The first-order valence-electron chi connectivity index (χ1n) is 8.20. The Labute approximate surface area is 149 Å². The van der Waals surface area contributed by atoms with E-state index in [0.717, 1.165) is 11.3 Å². The lowest BCUT2D eigenvalue weighted by atomic mass is 10.1. The molecule has 4 aromatic rings. The van der Waals surface area contributed by atoms with E-state index in [2.05, 4.69) is 15.5 Å². The summed E-state index contributed by atoms with van der Waals surface area (Å²) in [5.41, 5.74) is 1.24. The van der Waals surface area contributed by atoms with E-state index in [4.69, 9.17) is 8.83 Å². The van der Waals surface area contributed by atoms with E-state index in [1.165, 1.54) is 6.07 Å². The van der Waals surface area contributed by atoms with Crippen molar-refractivity contribution < 1.29 is 13.2 Å². The Balaban J connectivity index is 1.66. The van der Waals surface area contributed by atoms with Crippen molar-refractivity contribution in [3.05, 3.63) is 96.0 Å². The van der Waals surface area contributed by atoms with Crippen LogP contribution in [0.3, 0.4) is 0 Å². The molecule has 130 valence electrons. The summed E-state index contributed by atoms with van der Waals surface area (Å²) in [7, 11) is 0. The number of nitrogens with zero attached hydrogens (tertiary/aromatic N) is 2. The van der Waals surface area contributed by atoms with Gasteiger partial charge in [0.25, 0.3) is 0 Å². The summed E-state index contributed by atoms with van der Waals surface area (Å²) < 4.78 is 25.5. The minimum Gasteiger partial charge on any atom is -0.468 e. The van der Waals surface area contributed by atoms with Crippen LogP contribution in [0, 0.1) is 5.82 Å². The molecule has 0 radical (unpaired) electrons. The molecular weight excluding hydrogens is 333 g/mol. The molecule has 1 atom stereocenters. The number of hydrogen-bond acceptors (Lipinski definition) is 5. The number of nitrogens with one attached hydrogen (secondary N) is 1. The van der Waals surface area contributed by atoms with Gasteiger partial charge in [0.05, 0.1) is 12.8 Å². The Kier molecular flexibility index (Phi) is 4.57. The lowest BCUT2D eigenvalue weighted by molar-refractivity contribution is 0.406. The van der Waals surface area contributed by atoms with Crippen LogP contribution in [0.15, 0.2) is 81.8 Å². The molecular formula is C20H16FN3O2. The predicted octanol–water partition coefficient (Wildman–Crippen LogP) is 4.35. The van der Waals surface area contributed by atoms with Gasteiger partial charge in [-0.2, -0.15) is 0 Å². The Morgan fingerprint density at radius 2 is 1.73 bits per heavy atom. The summed E-state index contributed by atoms with van der Waals surface area (Å²) in [6.45, 7) is 0.398. The van der Waals surface area contributed by atoms with Gasteiger partial charge in [0.2, 0.25) is 11.8 Å². The van der Waals surface area contributed by atoms with Gasteiger partial charge in [0.1, 0.15) is 17.6 Å². The third kappa shape index (κ3) is 3.41. The fourth-order valence-corrected chi connectivity index (χ4v) is 2.70. The average Bonchev–Trinajstić information content (AvgIpc) is 3.36. The van der Waals surface area contributed by atoms with Gasteiger partial charge < -0.3 is 8.83 Å². The van der Waals surface area contributed by atoms with E-state index in [-0.39, 0.29) is 5.82 Å². The van der Waals surface area contributed by atoms with Crippen LogP contribution in [0.1, 0.15) is 23.3 Å². The SMILES string of the molecule is Fc1ccccc1C(NCc1ccco1)c1nnc(-c2ccccc2)o1. The summed E-state index contributed by atoms with van der Waals surface area (Å²) >= 11 is 0. The first kappa shape index (κ1) is 16.2. The van der Waals surface area contributed by atoms with Crippen molar-refractivity contribution in [2.75, 3.05) is 0 Å². The van der Waals surface area contributed by atoms with E-state index in [1.807, 2.05) is 36.4 Å². The molecule has 0 amide bonds. The smallest absolute Gasteiger partial charge is 0.247 e. The van der Waals surface area contributed by atoms with Crippen molar-refractivity contribution in [2.45, 2.75) is 12.6 Å². The molecule has 4 rings (SSSR count). The van der Waals surface area contributed by atoms with Gasteiger partial charge >= 0.3 is 0 Å². The number of benzene rings is 2. The highest BCUT2D eigenvalue weighted by molar-refractivity contribution is 5.51. The fraction of sp³-hybridized carbons (Fsp3) is 0.100. The lowest BCUT2D eigenvalue weighted by Crippen LogP contribution is -2.23.